The maximum atomic E-state index is 9.60. The Bertz CT molecular complexity index is 586. The fraction of sp³-hybridized carbons (Fsp3) is 0.500. The van der Waals surface area contributed by atoms with Crippen LogP contribution in [0.4, 0.5) is 5.95 Å². The van der Waals surface area contributed by atoms with E-state index in [1.165, 1.54) is 0 Å². The van der Waals surface area contributed by atoms with Gasteiger partial charge in [0.15, 0.2) is 0 Å². The van der Waals surface area contributed by atoms with Gasteiger partial charge in [0.1, 0.15) is 5.75 Å². The molecule has 1 heterocycles. The number of nitrogen functional groups attached to an aromatic ring is 1. The van der Waals surface area contributed by atoms with Crippen LogP contribution in [0, 0.1) is 0 Å². The maximum Gasteiger partial charge on any atom is 0.201 e. The molecule has 0 unspecified atom stereocenters. The van der Waals surface area contributed by atoms with Crippen molar-refractivity contribution >= 4 is 17.0 Å². The van der Waals surface area contributed by atoms with Gasteiger partial charge < -0.3 is 20.1 Å². The third kappa shape index (κ3) is 2.14. The smallest absolute Gasteiger partial charge is 0.201 e. The SMILES string of the molecule is COc1ccc2c(c1)nc(N)n2C1CCC(O)CC1. The summed E-state index contributed by atoms with van der Waals surface area (Å²) in [5, 5.41) is 9.60. The first-order chi connectivity index (χ1) is 9.19. The zero-order valence-electron chi connectivity index (χ0n) is 11.0. The van der Waals surface area contributed by atoms with Crippen molar-refractivity contribution in [3.8, 4) is 5.75 Å². The van der Waals surface area contributed by atoms with Gasteiger partial charge in [-0.05, 0) is 37.8 Å². The fourth-order valence-corrected chi connectivity index (χ4v) is 2.92. The van der Waals surface area contributed by atoms with E-state index >= 15 is 0 Å². The van der Waals surface area contributed by atoms with E-state index in [0.717, 1.165) is 42.5 Å². The molecule has 1 saturated carbocycles. The lowest BCUT2D eigenvalue weighted by molar-refractivity contribution is 0.112. The van der Waals surface area contributed by atoms with Crippen LogP contribution in [0.15, 0.2) is 18.2 Å². The summed E-state index contributed by atoms with van der Waals surface area (Å²) >= 11 is 0. The maximum absolute atomic E-state index is 9.60. The highest BCUT2D eigenvalue weighted by Crippen LogP contribution is 2.34. The van der Waals surface area contributed by atoms with Crippen LogP contribution >= 0.6 is 0 Å². The minimum Gasteiger partial charge on any atom is -0.497 e. The van der Waals surface area contributed by atoms with Gasteiger partial charge in [0.05, 0.1) is 24.2 Å². The summed E-state index contributed by atoms with van der Waals surface area (Å²) in [5.74, 6) is 1.33. The number of benzene rings is 1. The van der Waals surface area contributed by atoms with Crippen LogP contribution in [-0.2, 0) is 0 Å². The topological polar surface area (TPSA) is 73.3 Å². The highest BCUT2D eigenvalue weighted by Gasteiger charge is 2.24. The van der Waals surface area contributed by atoms with E-state index < -0.39 is 0 Å². The molecular formula is C14H19N3O2. The number of aliphatic hydroxyl groups is 1. The van der Waals surface area contributed by atoms with Crippen LogP contribution in [0.2, 0.25) is 0 Å². The van der Waals surface area contributed by atoms with Gasteiger partial charge in [-0.15, -0.1) is 0 Å². The molecule has 3 rings (SSSR count). The van der Waals surface area contributed by atoms with E-state index in [4.69, 9.17) is 10.5 Å². The molecule has 5 heteroatoms. The number of ether oxygens (including phenoxy) is 1. The van der Waals surface area contributed by atoms with E-state index in [0.29, 0.717) is 12.0 Å². The minimum absolute atomic E-state index is 0.160. The predicted molar refractivity (Wildman–Crippen MR) is 74.2 cm³/mol. The first-order valence-corrected chi connectivity index (χ1v) is 6.68. The molecule has 5 nitrogen and oxygen atoms in total. The Hall–Kier alpha value is -1.75. The van der Waals surface area contributed by atoms with Crippen LogP contribution in [0.1, 0.15) is 31.7 Å². The Morgan fingerprint density at radius 3 is 2.74 bits per heavy atom. The largest absolute Gasteiger partial charge is 0.497 e. The molecule has 0 spiro atoms. The van der Waals surface area contributed by atoms with Gasteiger partial charge in [0.2, 0.25) is 5.95 Å². The fourth-order valence-electron chi connectivity index (χ4n) is 2.92. The van der Waals surface area contributed by atoms with E-state index in [2.05, 4.69) is 9.55 Å². The second-order valence-corrected chi connectivity index (χ2v) is 5.16. The molecule has 0 atom stereocenters. The van der Waals surface area contributed by atoms with Crippen LogP contribution in [-0.4, -0.2) is 27.9 Å². The molecule has 1 fully saturated rings. The second kappa shape index (κ2) is 4.74. The van der Waals surface area contributed by atoms with E-state index in [1.807, 2.05) is 18.2 Å². The number of aromatic nitrogens is 2. The average molecular weight is 261 g/mol. The average Bonchev–Trinajstić information content (AvgIpc) is 2.74. The van der Waals surface area contributed by atoms with Gasteiger partial charge in [-0.25, -0.2) is 4.98 Å². The summed E-state index contributed by atoms with van der Waals surface area (Å²) in [5.41, 5.74) is 7.96. The first kappa shape index (κ1) is 12.3. The van der Waals surface area contributed by atoms with Gasteiger partial charge in [0, 0.05) is 12.1 Å². The van der Waals surface area contributed by atoms with Gasteiger partial charge in [-0.2, -0.15) is 0 Å². The first-order valence-electron chi connectivity index (χ1n) is 6.68. The van der Waals surface area contributed by atoms with E-state index in [1.54, 1.807) is 7.11 Å². The molecule has 0 radical (unpaired) electrons. The molecule has 2 aromatic rings. The Morgan fingerprint density at radius 2 is 2.05 bits per heavy atom. The van der Waals surface area contributed by atoms with Crippen molar-refractivity contribution in [3.05, 3.63) is 18.2 Å². The number of rotatable bonds is 2. The molecule has 1 aliphatic rings. The summed E-state index contributed by atoms with van der Waals surface area (Å²) in [6.45, 7) is 0. The van der Waals surface area contributed by atoms with Crippen LogP contribution in [0.25, 0.3) is 11.0 Å². The zero-order valence-corrected chi connectivity index (χ0v) is 11.0. The molecule has 0 aliphatic heterocycles. The lowest BCUT2D eigenvalue weighted by Gasteiger charge is -2.27. The van der Waals surface area contributed by atoms with Crippen molar-refractivity contribution in [3.63, 3.8) is 0 Å². The van der Waals surface area contributed by atoms with Crippen molar-refractivity contribution in [2.45, 2.75) is 37.8 Å². The molecular weight excluding hydrogens is 242 g/mol. The third-order valence-electron chi connectivity index (χ3n) is 3.96. The number of aliphatic hydroxyl groups excluding tert-OH is 1. The molecule has 19 heavy (non-hydrogen) atoms. The van der Waals surface area contributed by atoms with Crippen LogP contribution in [0.5, 0.6) is 5.75 Å². The standard InChI is InChI=1S/C14H19N3O2/c1-19-11-6-7-13-12(8-11)16-14(15)17(13)9-2-4-10(18)5-3-9/h6-10,18H,2-5H2,1H3,(H2,15,16). The summed E-state index contributed by atoms with van der Waals surface area (Å²) in [6.07, 6.45) is 3.40. The van der Waals surface area contributed by atoms with Crippen molar-refractivity contribution < 1.29 is 9.84 Å². The predicted octanol–water partition coefficient (Wildman–Crippen LogP) is 2.10. The lowest BCUT2D eigenvalue weighted by Crippen LogP contribution is -2.22. The lowest BCUT2D eigenvalue weighted by atomic mass is 9.93. The molecule has 0 amide bonds. The van der Waals surface area contributed by atoms with Crippen molar-refractivity contribution in [1.29, 1.82) is 0 Å². The number of hydrogen-bond acceptors (Lipinski definition) is 4. The monoisotopic (exact) mass is 261 g/mol. The molecule has 1 aromatic carbocycles. The molecule has 1 aromatic heterocycles. The van der Waals surface area contributed by atoms with E-state index in [9.17, 15) is 5.11 Å². The van der Waals surface area contributed by atoms with Crippen molar-refractivity contribution in [1.82, 2.24) is 9.55 Å². The normalized spacial score (nSPS) is 23.7. The highest BCUT2D eigenvalue weighted by molar-refractivity contribution is 5.80. The summed E-state index contributed by atoms with van der Waals surface area (Å²) in [6, 6.07) is 6.17. The van der Waals surface area contributed by atoms with E-state index in [-0.39, 0.29) is 6.10 Å². The number of hydrogen-bond donors (Lipinski definition) is 2. The second-order valence-electron chi connectivity index (χ2n) is 5.16. The van der Waals surface area contributed by atoms with Gasteiger partial charge in [0.25, 0.3) is 0 Å². The summed E-state index contributed by atoms with van der Waals surface area (Å²) in [7, 11) is 1.64. The number of nitrogens with two attached hydrogens (primary N) is 1. The molecule has 102 valence electrons. The number of fused-ring (bicyclic) bond motifs is 1. The summed E-state index contributed by atoms with van der Waals surface area (Å²) in [4.78, 5) is 4.41. The highest BCUT2D eigenvalue weighted by atomic mass is 16.5. The molecule has 3 N–H and O–H groups in total. The Balaban J connectivity index is 2.01. The minimum atomic E-state index is -0.160. The van der Waals surface area contributed by atoms with Crippen molar-refractivity contribution in [2.75, 3.05) is 12.8 Å². The van der Waals surface area contributed by atoms with Crippen LogP contribution in [0.3, 0.4) is 0 Å². The third-order valence-corrected chi connectivity index (χ3v) is 3.96. The molecule has 1 aliphatic carbocycles. The van der Waals surface area contributed by atoms with Gasteiger partial charge >= 0.3 is 0 Å². The van der Waals surface area contributed by atoms with Gasteiger partial charge in [-0.3, -0.25) is 0 Å². The molecule has 0 bridgehead atoms. The quantitative estimate of drug-likeness (QED) is 0.868. The number of nitrogens with zero attached hydrogens (tertiary/aromatic N) is 2. The Labute approximate surface area is 112 Å². The number of methoxy groups -OCH3 is 1. The van der Waals surface area contributed by atoms with Gasteiger partial charge in [-0.1, -0.05) is 0 Å². The van der Waals surface area contributed by atoms with Crippen LogP contribution < -0.4 is 10.5 Å². The zero-order chi connectivity index (χ0) is 13.4. The van der Waals surface area contributed by atoms with Crippen molar-refractivity contribution in [2.24, 2.45) is 0 Å². The number of anilines is 1. The number of imidazole rings is 1. The summed E-state index contributed by atoms with van der Waals surface area (Å²) < 4.78 is 7.31. The molecule has 0 saturated heterocycles. The Morgan fingerprint density at radius 1 is 1.32 bits per heavy atom. The Kier molecular flexibility index (Phi) is 3.06.